The van der Waals surface area contributed by atoms with Crippen molar-refractivity contribution in [3.8, 4) is 0 Å². The number of carboxylic acid groups (broad SMARTS) is 1. The number of alkyl halides is 3. The molecule has 0 fully saturated rings. The molecule has 0 saturated heterocycles. The van der Waals surface area contributed by atoms with Gasteiger partial charge >= 0.3 is 12.1 Å². The van der Waals surface area contributed by atoms with Crippen molar-refractivity contribution in [1.29, 1.82) is 0 Å². The maximum Gasteiger partial charge on any atom is 0.490 e. The Balaban J connectivity index is 0.000000203. The van der Waals surface area contributed by atoms with Gasteiger partial charge in [-0.05, 0) is 12.1 Å². The summed E-state index contributed by atoms with van der Waals surface area (Å²) in [5.41, 5.74) is 1.54. The second-order valence-corrected chi connectivity index (χ2v) is 3.26. The number of ketones is 1. The maximum absolute atomic E-state index is 11.2. The fourth-order valence-electron chi connectivity index (χ4n) is 1.16. The molecule has 4 nitrogen and oxygen atoms in total. The first-order valence-electron chi connectivity index (χ1n) is 4.77. The number of aliphatic imine (C=N–C) groups is 1. The second-order valence-electron chi connectivity index (χ2n) is 3.26. The molecule has 0 radical (unpaired) electrons. The Morgan fingerprint density at radius 1 is 1.28 bits per heavy atom. The summed E-state index contributed by atoms with van der Waals surface area (Å²) < 4.78 is 31.7. The third-order valence-electron chi connectivity index (χ3n) is 1.95. The van der Waals surface area contributed by atoms with Crippen LogP contribution >= 0.6 is 0 Å². The highest BCUT2D eigenvalue weighted by Crippen LogP contribution is 2.22. The molecule has 1 aliphatic rings. The highest BCUT2D eigenvalue weighted by Gasteiger charge is 2.38. The van der Waals surface area contributed by atoms with Crippen LogP contribution in [0.5, 0.6) is 0 Å². The first-order chi connectivity index (χ1) is 8.32. The molecule has 96 valence electrons. The van der Waals surface area contributed by atoms with E-state index in [1.54, 1.807) is 6.21 Å². The number of carbonyl (C=O) groups is 2. The summed E-state index contributed by atoms with van der Waals surface area (Å²) in [6, 6.07) is 7.41. The largest absolute Gasteiger partial charge is 0.490 e. The van der Waals surface area contributed by atoms with E-state index in [-0.39, 0.29) is 5.78 Å². The van der Waals surface area contributed by atoms with Crippen LogP contribution in [0.25, 0.3) is 0 Å². The molecule has 7 heteroatoms. The normalized spacial score (nSPS) is 13.4. The van der Waals surface area contributed by atoms with Crippen LogP contribution in [0.4, 0.5) is 18.9 Å². The van der Waals surface area contributed by atoms with Gasteiger partial charge in [0.2, 0.25) is 0 Å². The van der Waals surface area contributed by atoms with Gasteiger partial charge in [0.1, 0.15) is 0 Å². The highest BCUT2D eigenvalue weighted by atomic mass is 19.4. The van der Waals surface area contributed by atoms with Gasteiger partial charge < -0.3 is 5.11 Å². The summed E-state index contributed by atoms with van der Waals surface area (Å²) in [7, 11) is 0. The molecule has 18 heavy (non-hydrogen) atoms. The lowest BCUT2D eigenvalue weighted by Crippen LogP contribution is -2.21. The first-order valence-corrected chi connectivity index (χ1v) is 4.77. The van der Waals surface area contributed by atoms with Crippen molar-refractivity contribution in [2.24, 2.45) is 4.99 Å². The minimum atomic E-state index is -5.08. The van der Waals surface area contributed by atoms with E-state index in [0.29, 0.717) is 6.42 Å². The fraction of sp³-hybridized carbons (Fsp3) is 0.182. The number of benzene rings is 1. The van der Waals surface area contributed by atoms with Gasteiger partial charge in [-0.15, -0.1) is 0 Å². The van der Waals surface area contributed by atoms with Gasteiger partial charge in [0.15, 0.2) is 5.78 Å². The Bertz CT molecular complexity index is 495. The van der Waals surface area contributed by atoms with Crippen molar-refractivity contribution < 1.29 is 27.9 Å². The van der Waals surface area contributed by atoms with Crippen LogP contribution in [0.1, 0.15) is 16.8 Å². The molecule has 1 aromatic rings. The number of para-hydroxylation sites is 1. The Labute approximate surface area is 99.8 Å². The number of fused-ring (bicyclic) bond motifs is 1. The van der Waals surface area contributed by atoms with Gasteiger partial charge in [-0.1, -0.05) is 12.1 Å². The zero-order valence-electron chi connectivity index (χ0n) is 8.94. The summed E-state index contributed by atoms with van der Waals surface area (Å²) in [6.07, 6.45) is -2.98. The molecule has 1 heterocycles. The van der Waals surface area contributed by atoms with Crippen LogP contribution in [-0.2, 0) is 4.79 Å². The van der Waals surface area contributed by atoms with Gasteiger partial charge in [-0.3, -0.25) is 9.79 Å². The first kappa shape index (κ1) is 13.9. The Morgan fingerprint density at radius 3 is 2.33 bits per heavy atom. The zero-order valence-corrected chi connectivity index (χ0v) is 8.94. The Kier molecular flexibility index (Phi) is 4.19. The molecule has 1 aromatic carbocycles. The van der Waals surface area contributed by atoms with Crippen molar-refractivity contribution in [2.75, 3.05) is 0 Å². The van der Waals surface area contributed by atoms with Crippen LogP contribution in [0, 0.1) is 0 Å². The van der Waals surface area contributed by atoms with Gasteiger partial charge in [-0.25, -0.2) is 4.79 Å². The number of hydrogen-bond donors (Lipinski definition) is 1. The lowest BCUT2D eigenvalue weighted by molar-refractivity contribution is -0.192. The van der Waals surface area contributed by atoms with Crippen LogP contribution in [0.15, 0.2) is 29.3 Å². The van der Waals surface area contributed by atoms with Crippen molar-refractivity contribution in [2.45, 2.75) is 12.6 Å². The minimum absolute atomic E-state index is 0.163. The average molecular weight is 259 g/mol. The molecule has 0 aromatic heterocycles. The monoisotopic (exact) mass is 259 g/mol. The van der Waals surface area contributed by atoms with Crippen molar-refractivity contribution in [1.82, 2.24) is 0 Å². The molecular weight excluding hydrogens is 251 g/mol. The Hall–Kier alpha value is -2.18. The average Bonchev–Trinajstić information content (AvgIpc) is 2.29. The molecule has 0 saturated carbocycles. The SMILES string of the molecule is O=C(O)C(F)(F)F.O=C1CC=Nc2ccccc21. The molecular formula is C11H8F3NO3. The Morgan fingerprint density at radius 2 is 1.83 bits per heavy atom. The molecule has 1 N–H and O–H groups in total. The standard InChI is InChI=1S/C9H7NO.C2HF3O2/c11-9-5-6-10-8-4-2-1-3-7(8)9;3-2(4,5)1(6)7/h1-4,6H,5H2;(H,6,7). The third-order valence-corrected chi connectivity index (χ3v) is 1.95. The minimum Gasteiger partial charge on any atom is -0.475 e. The highest BCUT2D eigenvalue weighted by molar-refractivity contribution is 6.09. The number of carbonyl (C=O) groups excluding carboxylic acids is 1. The summed E-state index contributed by atoms with van der Waals surface area (Å²) in [5, 5.41) is 7.12. The van der Waals surface area contributed by atoms with E-state index in [4.69, 9.17) is 9.90 Å². The van der Waals surface area contributed by atoms with Crippen molar-refractivity contribution in [3.05, 3.63) is 29.8 Å². The lowest BCUT2D eigenvalue weighted by atomic mass is 10.0. The van der Waals surface area contributed by atoms with E-state index in [9.17, 15) is 18.0 Å². The van der Waals surface area contributed by atoms with Crippen molar-refractivity contribution in [3.63, 3.8) is 0 Å². The molecule has 0 spiro atoms. The number of nitrogens with zero attached hydrogens (tertiary/aromatic N) is 1. The number of Topliss-reactive ketones (excluding diaryl/α,β-unsaturated/α-hetero) is 1. The van der Waals surface area contributed by atoms with Crippen LogP contribution in [0.2, 0.25) is 0 Å². The van der Waals surface area contributed by atoms with Gasteiger partial charge in [0.25, 0.3) is 0 Å². The molecule has 0 atom stereocenters. The number of rotatable bonds is 0. The number of halogens is 3. The van der Waals surface area contributed by atoms with E-state index in [1.807, 2.05) is 24.3 Å². The van der Waals surface area contributed by atoms with E-state index >= 15 is 0 Å². The predicted molar refractivity (Wildman–Crippen MR) is 57.2 cm³/mol. The molecule has 0 bridgehead atoms. The number of aliphatic carboxylic acids is 1. The smallest absolute Gasteiger partial charge is 0.475 e. The molecule has 0 aliphatic carbocycles. The van der Waals surface area contributed by atoms with Crippen LogP contribution in [0.3, 0.4) is 0 Å². The van der Waals surface area contributed by atoms with Gasteiger partial charge in [0.05, 0.1) is 5.69 Å². The van der Waals surface area contributed by atoms with E-state index in [1.165, 1.54) is 0 Å². The molecule has 0 amide bonds. The molecule has 1 aliphatic heterocycles. The number of hydrogen-bond acceptors (Lipinski definition) is 3. The van der Waals surface area contributed by atoms with E-state index < -0.39 is 12.1 Å². The predicted octanol–water partition coefficient (Wildman–Crippen LogP) is 2.61. The second kappa shape index (κ2) is 5.44. The third kappa shape index (κ3) is 3.69. The topological polar surface area (TPSA) is 66.7 Å². The summed E-state index contributed by atoms with van der Waals surface area (Å²) >= 11 is 0. The van der Waals surface area contributed by atoms with E-state index in [0.717, 1.165) is 11.3 Å². The van der Waals surface area contributed by atoms with Gasteiger partial charge in [0, 0.05) is 18.2 Å². The van der Waals surface area contributed by atoms with Gasteiger partial charge in [-0.2, -0.15) is 13.2 Å². The maximum atomic E-state index is 11.2. The lowest BCUT2D eigenvalue weighted by Gasteiger charge is -2.06. The zero-order chi connectivity index (χ0) is 13.8. The molecule has 0 unspecified atom stereocenters. The van der Waals surface area contributed by atoms with Crippen LogP contribution < -0.4 is 0 Å². The summed E-state index contributed by atoms with van der Waals surface area (Å²) in [5.74, 6) is -2.59. The van der Waals surface area contributed by atoms with Crippen molar-refractivity contribution >= 4 is 23.7 Å². The fourth-order valence-corrected chi connectivity index (χ4v) is 1.16. The summed E-state index contributed by atoms with van der Waals surface area (Å²) in [4.78, 5) is 24.2. The quantitative estimate of drug-likeness (QED) is 0.778. The summed E-state index contributed by atoms with van der Waals surface area (Å²) in [6.45, 7) is 0. The van der Waals surface area contributed by atoms with E-state index in [2.05, 4.69) is 4.99 Å². The number of carboxylic acids is 1. The molecule has 2 rings (SSSR count). The van der Waals surface area contributed by atoms with Crippen LogP contribution in [-0.4, -0.2) is 29.2 Å².